The highest BCUT2D eigenvalue weighted by molar-refractivity contribution is 7.98. The molecule has 4 aromatic carbocycles. The number of carbonyl (C=O) groups excluding carboxylic acids is 4. The number of methoxy groups -OCH3 is 1. The van der Waals surface area contributed by atoms with Gasteiger partial charge in [0.1, 0.15) is 5.75 Å². The molecule has 10 nitrogen and oxygen atoms in total. The molecular formula is C44H42O10S2. The van der Waals surface area contributed by atoms with E-state index in [4.69, 9.17) is 4.74 Å². The molecule has 0 atom stereocenters. The molecule has 2 aliphatic carbocycles. The number of fused-ring (bicyclic) bond motifs is 2. The molecule has 0 fully saturated rings. The van der Waals surface area contributed by atoms with E-state index >= 15 is 9.59 Å². The Hall–Kier alpha value is -5.30. The highest BCUT2D eigenvalue weighted by atomic mass is 32.2. The van der Waals surface area contributed by atoms with Crippen molar-refractivity contribution in [2.45, 2.75) is 81.3 Å². The fourth-order valence-electron chi connectivity index (χ4n) is 7.43. The molecule has 0 spiro atoms. The lowest BCUT2D eigenvalue weighted by atomic mass is 9.70. The van der Waals surface area contributed by atoms with E-state index in [9.17, 15) is 35.1 Å². The number of phenolic OH excluding ortho intramolecular Hbond substituents is 4. The van der Waals surface area contributed by atoms with Crippen LogP contribution in [0.2, 0.25) is 0 Å². The van der Waals surface area contributed by atoms with Crippen LogP contribution in [-0.4, -0.2) is 55.8 Å². The number of thioether (sulfide) groups is 2. The molecule has 0 aromatic heterocycles. The summed E-state index contributed by atoms with van der Waals surface area (Å²) in [6.07, 6.45) is 0. The maximum Gasteiger partial charge on any atom is 0.195 e. The molecule has 0 unspecified atom stereocenters. The number of phenols is 4. The molecule has 0 amide bonds. The van der Waals surface area contributed by atoms with Crippen molar-refractivity contribution >= 4 is 46.7 Å². The van der Waals surface area contributed by atoms with Crippen molar-refractivity contribution in [3.63, 3.8) is 0 Å². The zero-order chi connectivity index (χ0) is 40.9. The standard InChI is InChI=1S/C44H42O10S2/c1-19(2)29-35-33(27(39(48)43(29)52)17-55-25-12-8-23(16-45)9-13-25)41(50)31(21(5)37(35)46)32-22(6)38(47)36-30(20(3)4)44(53)40(49)28(34(36)42(32)51)18-56-26-14-10-24(54-7)11-15-26/h8-15,19-20,45,48-49,52-53H,16-18H2,1-7H3. The number of rotatable bonds is 11. The second-order valence-corrected chi connectivity index (χ2v) is 16.5. The quantitative estimate of drug-likeness (QED) is 0.0720. The van der Waals surface area contributed by atoms with Crippen LogP contribution in [0.15, 0.2) is 80.6 Å². The summed E-state index contributed by atoms with van der Waals surface area (Å²) in [7, 11) is 1.54. The third-order valence-electron chi connectivity index (χ3n) is 10.3. The minimum absolute atomic E-state index is 0.00623. The number of aromatic hydroxyl groups is 4. The van der Waals surface area contributed by atoms with Gasteiger partial charge in [0.15, 0.2) is 46.1 Å². The average molecular weight is 795 g/mol. The lowest BCUT2D eigenvalue weighted by molar-refractivity contribution is 0.0950. The number of aliphatic hydroxyl groups excluding tert-OH is 1. The molecule has 2 aliphatic rings. The zero-order valence-electron chi connectivity index (χ0n) is 32.0. The number of benzene rings is 4. The monoisotopic (exact) mass is 794 g/mol. The molecule has 0 aliphatic heterocycles. The Morgan fingerprint density at radius 2 is 0.929 bits per heavy atom. The third kappa shape index (κ3) is 6.69. The Morgan fingerprint density at radius 3 is 1.27 bits per heavy atom. The Balaban J connectivity index is 1.54. The van der Waals surface area contributed by atoms with Crippen LogP contribution in [-0.2, 0) is 18.1 Å². The van der Waals surface area contributed by atoms with Crippen LogP contribution in [0.1, 0.15) is 123 Å². The van der Waals surface area contributed by atoms with E-state index in [1.807, 2.05) is 0 Å². The van der Waals surface area contributed by atoms with Gasteiger partial charge in [-0.2, -0.15) is 0 Å². The summed E-state index contributed by atoms with van der Waals surface area (Å²) in [5.41, 5.74) is -0.524. The molecule has 0 saturated heterocycles. The molecule has 56 heavy (non-hydrogen) atoms. The van der Waals surface area contributed by atoms with Gasteiger partial charge in [0.2, 0.25) is 0 Å². The van der Waals surface area contributed by atoms with E-state index < -0.39 is 58.0 Å². The van der Waals surface area contributed by atoms with E-state index in [-0.39, 0.29) is 84.9 Å². The van der Waals surface area contributed by atoms with Gasteiger partial charge in [-0.1, -0.05) is 39.8 Å². The molecule has 6 rings (SSSR count). The minimum Gasteiger partial charge on any atom is -0.504 e. The predicted octanol–water partition coefficient (Wildman–Crippen LogP) is 8.93. The maximum absolute atomic E-state index is 15.0. The summed E-state index contributed by atoms with van der Waals surface area (Å²) in [5, 5.41) is 55.0. The number of ketones is 4. The lowest BCUT2D eigenvalue weighted by Gasteiger charge is -2.31. The Kier molecular flexibility index (Phi) is 11.3. The van der Waals surface area contributed by atoms with Crippen molar-refractivity contribution in [1.82, 2.24) is 0 Å². The fourth-order valence-corrected chi connectivity index (χ4v) is 9.27. The zero-order valence-corrected chi connectivity index (χ0v) is 33.6. The van der Waals surface area contributed by atoms with Gasteiger partial charge in [0, 0.05) is 88.1 Å². The first-order chi connectivity index (χ1) is 26.5. The number of hydrogen-bond donors (Lipinski definition) is 5. The van der Waals surface area contributed by atoms with E-state index in [2.05, 4.69) is 0 Å². The first-order valence-corrected chi connectivity index (χ1v) is 19.9. The SMILES string of the molecule is COc1ccc(SCc2c(O)c(O)c(C(C)C)c3c2C(=O)C(C2=C(C)C(=O)c4c(c(CSc5ccc(CO)cc5)c(O)c(O)c4C(C)C)C2=O)=C(C)C3=O)cc1. The van der Waals surface area contributed by atoms with E-state index in [0.29, 0.717) is 11.3 Å². The van der Waals surface area contributed by atoms with Crippen LogP contribution in [0.3, 0.4) is 0 Å². The van der Waals surface area contributed by atoms with Gasteiger partial charge in [-0.05, 0) is 67.6 Å². The molecule has 12 heteroatoms. The average Bonchev–Trinajstić information content (AvgIpc) is 3.17. The van der Waals surface area contributed by atoms with Crippen LogP contribution in [0.4, 0.5) is 0 Å². The third-order valence-corrected chi connectivity index (χ3v) is 12.4. The van der Waals surface area contributed by atoms with Crippen LogP contribution in [0, 0.1) is 0 Å². The van der Waals surface area contributed by atoms with Gasteiger partial charge in [-0.15, -0.1) is 23.5 Å². The smallest absolute Gasteiger partial charge is 0.195 e. The van der Waals surface area contributed by atoms with Crippen molar-refractivity contribution in [1.29, 1.82) is 0 Å². The van der Waals surface area contributed by atoms with Crippen molar-refractivity contribution in [2.75, 3.05) is 7.11 Å². The van der Waals surface area contributed by atoms with Crippen molar-refractivity contribution in [3.8, 4) is 28.7 Å². The summed E-state index contributed by atoms with van der Waals surface area (Å²) in [5.74, 6) is -5.51. The molecule has 290 valence electrons. The van der Waals surface area contributed by atoms with Crippen LogP contribution in [0.5, 0.6) is 28.7 Å². The molecule has 5 N–H and O–H groups in total. The van der Waals surface area contributed by atoms with Crippen LogP contribution >= 0.6 is 23.5 Å². The van der Waals surface area contributed by atoms with Gasteiger partial charge in [0.05, 0.1) is 13.7 Å². The largest absolute Gasteiger partial charge is 0.504 e. The number of ether oxygens (including phenoxy) is 1. The molecule has 0 heterocycles. The summed E-state index contributed by atoms with van der Waals surface area (Å²) in [6, 6.07) is 14.0. The summed E-state index contributed by atoms with van der Waals surface area (Å²) in [4.78, 5) is 60.6. The van der Waals surface area contributed by atoms with E-state index in [0.717, 1.165) is 9.79 Å². The summed E-state index contributed by atoms with van der Waals surface area (Å²) >= 11 is 2.47. The first-order valence-electron chi connectivity index (χ1n) is 18.0. The second-order valence-electron chi connectivity index (χ2n) is 14.4. The number of Topliss-reactive ketones (excluding diaryl/α,β-unsaturated/α-hetero) is 4. The van der Waals surface area contributed by atoms with Crippen molar-refractivity contribution in [3.05, 3.63) is 121 Å². The van der Waals surface area contributed by atoms with E-state index in [1.165, 1.54) is 44.5 Å². The molecule has 4 aromatic rings. The Morgan fingerprint density at radius 1 is 0.554 bits per heavy atom. The van der Waals surface area contributed by atoms with Crippen molar-refractivity contribution in [2.24, 2.45) is 0 Å². The fraction of sp³-hybridized carbons (Fsp3) is 0.273. The van der Waals surface area contributed by atoms with Crippen molar-refractivity contribution < 1.29 is 49.4 Å². The van der Waals surface area contributed by atoms with Gasteiger partial charge in [-0.25, -0.2) is 0 Å². The lowest BCUT2D eigenvalue weighted by Crippen LogP contribution is -2.32. The highest BCUT2D eigenvalue weighted by Crippen LogP contribution is 2.51. The number of carbonyl (C=O) groups is 4. The molecule has 0 saturated carbocycles. The normalized spacial score (nSPS) is 14.3. The van der Waals surface area contributed by atoms with Gasteiger partial charge in [0.25, 0.3) is 0 Å². The number of hydrogen-bond acceptors (Lipinski definition) is 12. The van der Waals surface area contributed by atoms with Gasteiger partial charge in [-0.3, -0.25) is 19.2 Å². The van der Waals surface area contributed by atoms with Gasteiger partial charge >= 0.3 is 0 Å². The molecule has 0 radical (unpaired) electrons. The Bertz CT molecular complexity index is 2230. The summed E-state index contributed by atoms with van der Waals surface area (Å²) < 4.78 is 5.25. The molecule has 0 bridgehead atoms. The second kappa shape index (κ2) is 15.7. The maximum atomic E-state index is 15.0. The molecular weight excluding hydrogens is 753 g/mol. The number of aliphatic hydroxyl groups is 1. The number of allylic oxidation sites excluding steroid dienone is 4. The topological polar surface area (TPSA) is 179 Å². The van der Waals surface area contributed by atoms with Gasteiger partial charge < -0.3 is 30.3 Å². The van der Waals surface area contributed by atoms with Crippen LogP contribution < -0.4 is 4.74 Å². The Labute approximate surface area is 332 Å². The first kappa shape index (κ1) is 40.4. The van der Waals surface area contributed by atoms with E-state index in [1.54, 1.807) is 76.2 Å². The summed E-state index contributed by atoms with van der Waals surface area (Å²) in [6.45, 7) is 9.50. The van der Waals surface area contributed by atoms with Crippen LogP contribution in [0.25, 0.3) is 0 Å². The predicted molar refractivity (Wildman–Crippen MR) is 215 cm³/mol. The minimum atomic E-state index is -0.777. The highest BCUT2D eigenvalue weighted by Gasteiger charge is 2.45.